The third-order valence-electron chi connectivity index (χ3n) is 3.45. The Morgan fingerprint density at radius 1 is 1.10 bits per heavy atom. The average molecular weight is 283 g/mol. The van der Waals surface area contributed by atoms with Gasteiger partial charge in [-0.05, 0) is 35.6 Å². The van der Waals surface area contributed by atoms with Crippen LogP contribution in [0, 0.1) is 6.92 Å². The zero-order chi connectivity index (χ0) is 15.6. The third-order valence-corrected chi connectivity index (χ3v) is 3.45. The number of phenolic OH excluding ortho intramolecular Hbond substituents is 1. The van der Waals surface area contributed by atoms with Gasteiger partial charge in [0, 0.05) is 17.3 Å². The number of hydrogen-bond donors (Lipinski definition) is 2. The number of carbonyl (C=O) groups excluding carboxylic acids is 1. The molecule has 0 aliphatic heterocycles. The lowest BCUT2D eigenvalue weighted by Gasteiger charge is -2.22. The maximum absolute atomic E-state index is 12.5. The number of amides is 1. The van der Waals surface area contributed by atoms with Crippen molar-refractivity contribution in [2.45, 2.75) is 33.1 Å². The Morgan fingerprint density at radius 3 is 2.38 bits per heavy atom. The Balaban J connectivity index is 2.31. The number of benzene rings is 2. The molecule has 2 N–H and O–H groups in total. The van der Waals surface area contributed by atoms with E-state index in [9.17, 15) is 9.90 Å². The number of aromatic hydroxyl groups is 1. The molecule has 0 saturated carbocycles. The maximum atomic E-state index is 12.5. The van der Waals surface area contributed by atoms with Crippen LogP contribution in [0.5, 0.6) is 5.75 Å². The molecule has 1 amide bonds. The van der Waals surface area contributed by atoms with Gasteiger partial charge in [-0.2, -0.15) is 0 Å². The van der Waals surface area contributed by atoms with Crippen LogP contribution in [0.15, 0.2) is 42.5 Å². The van der Waals surface area contributed by atoms with Crippen LogP contribution < -0.4 is 5.32 Å². The summed E-state index contributed by atoms with van der Waals surface area (Å²) in [5.74, 6) is 0.0145. The van der Waals surface area contributed by atoms with Crippen molar-refractivity contribution in [3.8, 4) is 5.75 Å². The molecule has 0 aliphatic carbocycles. The molecule has 3 heteroatoms. The van der Waals surface area contributed by atoms with Gasteiger partial charge in [-0.3, -0.25) is 4.79 Å². The molecule has 2 aromatic carbocycles. The highest BCUT2D eigenvalue weighted by Crippen LogP contribution is 2.27. The van der Waals surface area contributed by atoms with Crippen molar-refractivity contribution < 1.29 is 9.90 Å². The summed E-state index contributed by atoms with van der Waals surface area (Å²) in [5, 5.41) is 12.6. The number of nitrogens with one attached hydrogen (secondary N) is 1. The van der Waals surface area contributed by atoms with E-state index in [0.29, 0.717) is 11.3 Å². The van der Waals surface area contributed by atoms with Gasteiger partial charge in [0.2, 0.25) is 0 Å². The van der Waals surface area contributed by atoms with Crippen molar-refractivity contribution in [3.63, 3.8) is 0 Å². The predicted octanol–water partition coefficient (Wildman–Crippen LogP) is 4.25. The maximum Gasteiger partial charge on any atom is 0.255 e. The molecule has 21 heavy (non-hydrogen) atoms. The number of aryl methyl sites for hydroxylation is 1. The molecule has 0 bridgehead atoms. The first-order valence-corrected chi connectivity index (χ1v) is 6.99. The fourth-order valence-electron chi connectivity index (χ4n) is 2.22. The number of rotatable bonds is 2. The van der Waals surface area contributed by atoms with E-state index < -0.39 is 0 Å². The zero-order valence-corrected chi connectivity index (χ0v) is 12.9. The standard InChI is InChI=1S/C18H21NO2/c1-12-9-10-13(11-16(12)20)19-17(21)14-7-5-6-8-15(14)18(2,3)4/h5-11,20H,1-4H3,(H,19,21). The summed E-state index contributed by atoms with van der Waals surface area (Å²) in [7, 11) is 0. The van der Waals surface area contributed by atoms with Gasteiger partial charge in [0.1, 0.15) is 5.75 Å². The molecule has 0 atom stereocenters. The minimum Gasteiger partial charge on any atom is -0.508 e. The van der Waals surface area contributed by atoms with Crippen molar-refractivity contribution in [3.05, 3.63) is 59.2 Å². The van der Waals surface area contributed by atoms with E-state index in [4.69, 9.17) is 0 Å². The highest BCUT2D eigenvalue weighted by molar-refractivity contribution is 6.05. The van der Waals surface area contributed by atoms with Crippen LogP contribution >= 0.6 is 0 Å². The Bertz CT molecular complexity index is 669. The normalized spacial score (nSPS) is 11.2. The van der Waals surface area contributed by atoms with Gasteiger partial charge in [-0.15, -0.1) is 0 Å². The summed E-state index contributed by atoms with van der Waals surface area (Å²) in [6.07, 6.45) is 0. The van der Waals surface area contributed by atoms with Crippen LogP contribution in [-0.4, -0.2) is 11.0 Å². The smallest absolute Gasteiger partial charge is 0.255 e. The monoisotopic (exact) mass is 283 g/mol. The van der Waals surface area contributed by atoms with E-state index in [1.807, 2.05) is 31.2 Å². The minimum atomic E-state index is -0.163. The lowest BCUT2D eigenvalue weighted by molar-refractivity contribution is 0.102. The summed E-state index contributed by atoms with van der Waals surface area (Å²) in [5.41, 5.74) is 2.92. The first kappa shape index (κ1) is 15.1. The number of carbonyl (C=O) groups is 1. The first-order chi connectivity index (χ1) is 9.79. The lowest BCUT2D eigenvalue weighted by atomic mass is 9.83. The average Bonchev–Trinajstić information content (AvgIpc) is 2.42. The van der Waals surface area contributed by atoms with Crippen LogP contribution in [0.1, 0.15) is 42.3 Å². The highest BCUT2D eigenvalue weighted by Gasteiger charge is 2.21. The number of anilines is 1. The first-order valence-electron chi connectivity index (χ1n) is 6.99. The van der Waals surface area contributed by atoms with E-state index in [0.717, 1.165) is 11.1 Å². The molecule has 2 rings (SSSR count). The van der Waals surface area contributed by atoms with E-state index in [1.54, 1.807) is 18.2 Å². The fourth-order valence-corrected chi connectivity index (χ4v) is 2.22. The molecule has 2 aromatic rings. The molecule has 3 nitrogen and oxygen atoms in total. The molecule has 0 unspecified atom stereocenters. The van der Waals surface area contributed by atoms with Crippen LogP contribution in [0.25, 0.3) is 0 Å². The summed E-state index contributed by atoms with van der Waals surface area (Å²) < 4.78 is 0. The van der Waals surface area contributed by atoms with Crippen LogP contribution in [0.4, 0.5) is 5.69 Å². The lowest BCUT2D eigenvalue weighted by Crippen LogP contribution is -2.20. The summed E-state index contributed by atoms with van der Waals surface area (Å²) in [6.45, 7) is 8.06. The van der Waals surface area contributed by atoms with Gasteiger partial charge in [0.15, 0.2) is 0 Å². The summed E-state index contributed by atoms with van der Waals surface area (Å²) in [6, 6.07) is 12.7. The second kappa shape index (κ2) is 5.60. The molecular weight excluding hydrogens is 262 g/mol. The Labute approximate surface area is 125 Å². The van der Waals surface area contributed by atoms with Gasteiger partial charge in [-0.1, -0.05) is 45.0 Å². The van der Waals surface area contributed by atoms with E-state index in [-0.39, 0.29) is 17.1 Å². The number of hydrogen-bond acceptors (Lipinski definition) is 2. The van der Waals surface area contributed by atoms with Crippen molar-refractivity contribution in [2.24, 2.45) is 0 Å². The van der Waals surface area contributed by atoms with Gasteiger partial charge in [0.25, 0.3) is 5.91 Å². The van der Waals surface area contributed by atoms with E-state index in [1.165, 1.54) is 0 Å². The van der Waals surface area contributed by atoms with Crippen molar-refractivity contribution in [2.75, 3.05) is 5.32 Å². The molecule has 0 heterocycles. The molecular formula is C18H21NO2. The van der Waals surface area contributed by atoms with E-state index >= 15 is 0 Å². The molecule has 110 valence electrons. The summed E-state index contributed by atoms with van der Waals surface area (Å²) >= 11 is 0. The fraction of sp³-hybridized carbons (Fsp3) is 0.278. The highest BCUT2D eigenvalue weighted by atomic mass is 16.3. The SMILES string of the molecule is Cc1ccc(NC(=O)c2ccccc2C(C)(C)C)cc1O. The largest absolute Gasteiger partial charge is 0.508 e. The van der Waals surface area contributed by atoms with Crippen LogP contribution in [0.3, 0.4) is 0 Å². The quantitative estimate of drug-likeness (QED) is 0.865. The molecule has 0 radical (unpaired) electrons. The Morgan fingerprint density at radius 2 is 1.76 bits per heavy atom. The van der Waals surface area contributed by atoms with Gasteiger partial charge >= 0.3 is 0 Å². The van der Waals surface area contributed by atoms with Crippen LogP contribution in [0.2, 0.25) is 0 Å². The number of phenols is 1. The predicted molar refractivity (Wildman–Crippen MR) is 85.9 cm³/mol. The van der Waals surface area contributed by atoms with Crippen molar-refractivity contribution >= 4 is 11.6 Å². The Hall–Kier alpha value is -2.29. The van der Waals surface area contributed by atoms with Gasteiger partial charge in [0.05, 0.1) is 0 Å². The second-order valence-corrected chi connectivity index (χ2v) is 6.25. The molecule has 0 spiro atoms. The van der Waals surface area contributed by atoms with Crippen molar-refractivity contribution in [1.29, 1.82) is 0 Å². The van der Waals surface area contributed by atoms with Gasteiger partial charge < -0.3 is 10.4 Å². The van der Waals surface area contributed by atoms with E-state index in [2.05, 4.69) is 26.1 Å². The zero-order valence-electron chi connectivity index (χ0n) is 12.9. The third kappa shape index (κ3) is 3.43. The molecule has 0 saturated heterocycles. The van der Waals surface area contributed by atoms with Crippen molar-refractivity contribution in [1.82, 2.24) is 0 Å². The second-order valence-electron chi connectivity index (χ2n) is 6.25. The topological polar surface area (TPSA) is 49.3 Å². The van der Waals surface area contributed by atoms with Gasteiger partial charge in [-0.25, -0.2) is 0 Å². The molecule has 0 aliphatic rings. The molecule has 0 fully saturated rings. The Kier molecular flexibility index (Phi) is 4.03. The summed E-state index contributed by atoms with van der Waals surface area (Å²) in [4.78, 5) is 12.5. The molecule has 0 aromatic heterocycles. The van der Waals surface area contributed by atoms with Crippen LogP contribution in [-0.2, 0) is 5.41 Å². The minimum absolute atomic E-state index is 0.108.